The van der Waals surface area contributed by atoms with Crippen molar-refractivity contribution in [1.29, 1.82) is 0 Å². The third-order valence-electron chi connectivity index (χ3n) is 3.63. The molecule has 132 valence electrons. The minimum atomic E-state index is 1.20. The quantitative estimate of drug-likeness (QED) is 0.435. The highest BCUT2D eigenvalue weighted by Crippen LogP contribution is 2.26. The Balaban J connectivity index is 0.000000730. The molecule has 0 fully saturated rings. The van der Waals surface area contributed by atoms with Crippen LogP contribution in [0, 0.1) is 6.92 Å². The maximum Gasteiger partial charge on any atom is 0.0534 e. The van der Waals surface area contributed by atoms with Crippen LogP contribution in [-0.4, -0.2) is 4.57 Å². The first-order valence-corrected chi connectivity index (χ1v) is 9.26. The Kier molecular flexibility index (Phi) is 9.10. The molecule has 0 saturated heterocycles. The lowest BCUT2D eigenvalue weighted by atomic mass is 10.1. The highest BCUT2D eigenvalue weighted by molar-refractivity contribution is 5.91. The Hall–Kier alpha value is -2.54. The first kappa shape index (κ1) is 20.5. The van der Waals surface area contributed by atoms with Gasteiger partial charge in [0.2, 0.25) is 0 Å². The molecule has 0 aliphatic heterocycles. The second-order valence-corrected chi connectivity index (χ2v) is 5.19. The van der Waals surface area contributed by atoms with Crippen LogP contribution >= 0.6 is 0 Å². The number of rotatable bonds is 3. The van der Waals surface area contributed by atoms with E-state index in [9.17, 15) is 0 Å². The Labute approximate surface area is 153 Å². The summed E-state index contributed by atoms with van der Waals surface area (Å²) in [5.41, 5.74) is 4.96. The van der Waals surface area contributed by atoms with Gasteiger partial charge in [0.05, 0.1) is 5.52 Å². The van der Waals surface area contributed by atoms with Gasteiger partial charge in [-0.25, -0.2) is 0 Å². The van der Waals surface area contributed by atoms with E-state index in [1.807, 2.05) is 40.7 Å². The highest BCUT2D eigenvalue weighted by atomic mass is 15.0. The molecule has 0 spiro atoms. The van der Waals surface area contributed by atoms with Gasteiger partial charge in [0.15, 0.2) is 0 Å². The Morgan fingerprint density at radius 1 is 0.800 bits per heavy atom. The van der Waals surface area contributed by atoms with Crippen molar-refractivity contribution in [3.05, 3.63) is 84.1 Å². The van der Waals surface area contributed by atoms with Crippen molar-refractivity contribution in [2.45, 2.75) is 41.5 Å². The van der Waals surface area contributed by atoms with Crippen LogP contribution < -0.4 is 0 Å². The van der Waals surface area contributed by atoms with Crippen molar-refractivity contribution in [3.8, 4) is 5.69 Å². The van der Waals surface area contributed by atoms with Crippen molar-refractivity contribution in [2.75, 3.05) is 0 Å². The van der Waals surface area contributed by atoms with Crippen LogP contribution in [0.3, 0.4) is 0 Å². The number of fused-ring (bicyclic) bond motifs is 1. The standard InChI is InChI=1S/C20H19N.2C2H6/c1-3-4-5-8-17-15-21(18-13-11-16(2)12-14-18)20-10-7-6-9-19(17)20;2*1-2/h3-15H,1-2H3;2*1-2H3/b4-3-,8-5-;;. The number of aromatic nitrogens is 1. The fraction of sp³-hybridized carbons (Fsp3) is 0.250. The van der Waals surface area contributed by atoms with Gasteiger partial charge in [-0.05, 0) is 32.0 Å². The summed E-state index contributed by atoms with van der Waals surface area (Å²) in [6.45, 7) is 12.1. The minimum Gasteiger partial charge on any atom is -0.316 e. The maximum atomic E-state index is 2.25. The Bertz CT molecular complexity index is 802. The molecule has 25 heavy (non-hydrogen) atoms. The van der Waals surface area contributed by atoms with E-state index >= 15 is 0 Å². The second-order valence-electron chi connectivity index (χ2n) is 5.19. The SMILES string of the molecule is C/C=C\C=C/c1cn(-c2ccc(C)cc2)c2ccccc12.CC.CC. The van der Waals surface area contributed by atoms with Crippen LogP contribution in [0.1, 0.15) is 45.7 Å². The maximum absolute atomic E-state index is 2.25. The van der Waals surface area contributed by atoms with Gasteiger partial charge >= 0.3 is 0 Å². The van der Waals surface area contributed by atoms with Crippen LogP contribution in [0.2, 0.25) is 0 Å². The molecule has 0 amide bonds. The molecule has 0 atom stereocenters. The summed E-state index contributed by atoms with van der Waals surface area (Å²) in [5.74, 6) is 0. The molecule has 1 heteroatoms. The molecule has 0 bridgehead atoms. The number of allylic oxidation sites excluding steroid dienone is 3. The van der Waals surface area contributed by atoms with Gasteiger partial charge in [0, 0.05) is 22.8 Å². The van der Waals surface area contributed by atoms with Gasteiger partial charge in [-0.1, -0.05) is 87.9 Å². The fourth-order valence-electron chi connectivity index (χ4n) is 2.53. The summed E-state index contributed by atoms with van der Waals surface area (Å²) in [6.07, 6.45) is 10.5. The zero-order valence-electron chi connectivity index (χ0n) is 16.5. The van der Waals surface area contributed by atoms with Gasteiger partial charge in [-0.3, -0.25) is 0 Å². The van der Waals surface area contributed by atoms with Crippen molar-refractivity contribution < 1.29 is 0 Å². The Morgan fingerprint density at radius 2 is 1.44 bits per heavy atom. The number of aryl methyl sites for hydroxylation is 1. The van der Waals surface area contributed by atoms with E-state index < -0.39 is 0 Å². The first-order chi connectivity index (χ1) is 12.3. The van der Waals surface area contributed by atoms with Crippen molar-refractivity contribution in [1.82, 2.24) is 4.57 Å². The predicted molar refractivity (Wildman–Crippen MR) is 115 cm³/mol. The third-order valence-corrected chi connectivity index (χ3v) is 3.63. The number of nitrogens with zero attached hydrogens (tertiary/aromatic N) is 1. The van der Waals surface area contributed by atoms with E-state index in [1.54, 1.807) is 0 Å². The molecule has 0 unspecified atom stereocenters. The number of benzene rings is 2. The highest BCUT2D eigenvalue weighted by Gasteiger charge is 2.07. The second kappa shape index (κ2) is 11.1. The summed E-state index contributed by atoms with van der Waals surface area (Å²) in [7, 11) is 0. The largest absolute Gasteiger partial charge is 0.316 e. The molecule has 1 aromatic heterocycles. The Morgan fingerprint density at radius 3 is 2.08 bits per heavy atom. The molecule has 3 rings (SSSR count). The molecule has 1 heterocycles. The van der Waals surface area contributed by atoms with E-state index in [2.05, 4.69) is 84.4 Å². The van der Waals surface area contributed by atoms with Gasteiger partial charge < -0.3 is 4.57 Å². The number of hydrogen-bond acceptors (Lipinski definition) is 0. The topological polar surface area (TPSA) is 4.93 Å². The number of para-hydroxylation sites is 1. The molecule has 0 N–H and O–H groups in total. The molecule has 0 aliphatic carbocycles. The molecular formula is C24H31N. The van der Waals surface area contributed by atoms with Gasteiger partial charge in [0.25, 0.3) is 0 Å². The first-order valence-electron chi connectivity index (χ1n) is 9.26. The number of hydrogen-bond donors (Lipinski definition) is 0. The minimum absolute atomic E-state index is 1.20. The summed E-state index contributed by atoms with van der Waals surface area (Å²) >= 11 is 0. The van der Waals surface area contributed by atoms with Crippen molar-refractivity contribution in [3.63, 3.8) is 0 Å². The zero-order chi connectivity index (χ0) is 18.7. The summed E-state index contributed by atoms with van der Waals surface area (Å²) < 4.78 is 2.25. The zero-order valence-corrected chi connectivity index (χ0v) is 16.5. The smallest absolute Gasteiger partial charge is 0.0534 e. The van der Waals surface area contributed by atoms with Crippen molar-refractivity contribution >= 4 is 17.0 Å². The van der Waals surface area contributed by atoms with Crippen LogP contribution in [-0.2, 0) is 0 Å². The summed E-state index contributed by atoms with van der Waals surface area (Å²) in [6, 6.07) is 17.2. The lowest BCUT2D eigenvalue weighted by molar-refractivity contribution is 1.12. The predicted octanol–water partition coefficient (Wildman–Crippen LogP) is 7.58. The van der Waals surface area contributed by atoms with Gasteiger partial charge in [-0.15, -0.1) is 0 Å². The molecule has 0 radical (unpaired) electrons. The van der Waals surface area contributed by atoms with Gasteiger partial charge in [-0.2, -0.15) is 0 Å². The van der Waals surface area contributed by atoms with Crippen LogP contribution in [0.4, 0.5) is 0 Å². The lowest BCUT2D eigenvalue weighted by Gasteiger charge is -2.05. The molecule has 0 saturated carbocycles. The van der Waals surface area contributed by atoms with Gasteiger partial charge in [0.1, 0.15) is 0 Å². The molecule has 3 aromatic rings. The van der Waals surface area contributed by atoms with Crippen LogP contribution in [0.15, 0.2) is 73.0 Å². The molecule has 2 aromatic carbocycles. The van der Waals surface area contributed by atoms with E-state index in [1.165, 1.54) is 27.7 Å². The molecule has 0 aliphatic rings. The molecule has 1 nitrogen and oxygen atoms in total. The third kappa shape index (κ3) is 5.22. The summed E-state index contributed by atoms with van der Waals surface area (Å²) in [5, 5.41) is 1.28. The van der Waals surface area contributed by atoms with Crippen LogP contribution in [0.25, 0.3) is 22.7 Å². The van der Waals surface area contributed by atoms with Crippen molar-refractivity contribution in [2.24, 2.45) is 0 Å². The van der Waals surface area contributed by atoms with E-state index in [0.717, 1.165) is 0 Å². The fourth-order valence-corrected chi connectivity index (χ4v) is 2.53. The van der Waals surface area contributed by atoms with E-state index in [0.29, 0.717) is 0 Å². The van der Waals surface area contributed by atoms with E-state index in [-0.39, 0.29) is 0 Å². The van der Waals surface area contributed by atoms with E-state index in [4.69, 9.17) is 0 Å². The molecular weight excluding hydrogens is 302 g/mol. The average Bonchev–Trinajstić information content (AvgIpc) is 3.05. The lowest BCUT2D eigenvalue weighted by Crippen LogP contribution is -1.91. The monoisotopic (exact) mass is 333 g/mol. The summed E-state index contributed by atoms with van der Waals surface area (Å²) in [4.78, 5) is 0. The average molecular weight is 334 g/mol. The van der Waals surface area contributed by atoms with Crippen LogP contribution in [0.5, 0.6) is 0 Å². The normalized spacial score (nSPS) is 10.5.